The molecule has 1 unspecified atom stereocenters. The number of ketones is 1. The molecule has 8 heteroatoms. The van der Waals surface area contributed by atoms with Crippen molar-refractivity contribution in [2.24, 2.45) is 11.1 Å². The van der Waals surface area contributed by atoms with Gasteiger partial charge in [0.15, 0.2) is 12.4 Å². The van der Waals surface area contributed by atoms with Gasteiger partial charge in [0.1, 0.15) is 23.2 Å². The fourth-order valence-electron chi connectivity index (χ4n) is 4.29. The van der Waals surface area contributed by atoms with Crippen molar-refractivity contribution in [2.75, 3.05) is 11.9 Å². The van der Waals surface area contributed by atoms with Gasteiger partial charge < -0.3 is 20.5 Å². The standard InChI is InChI=1S/C26H24ClN3O4/c1-26(2)11-19(31)24-21(12-26)34-25(29)17(13-28)23(24)15-8-9-20(18(27)10-15)33-14-22(32)30-16-6-4-3-5-7-16/h3-10,23H,11-12,14,29H2,1-2H3,(H,30,32). The highest BCUT2D eigenvalue weighted by Crippen LogP contribution is 2.48. The highest BCUT2D eigenvalue weighted by atomic mass is 35.5. The Morgan fingerprint density at radius 2 is 2.00 bits per heavy atom. The lowest BCUT2D eigenvalue weighted by atomic mass is 9.70. The van der Waals surface area contributed by atoms with Crippen LogP contribution in [0.15, 0.2) is 71.3 Å². The average molecular weight is 478 g/mol. The van der Waals surface area contributed by atoms with E-state index in [1.165, 1.54) is 0 Å². The normalized spacial score (nSPS) is 19.1. The Balaban J connectivity index is 1.57. The number of carbonyl (C=O) groups is 2. The zero-order valence-electron chi connectivity index (χ0n) is 18.9. The highest BCUT2D eigenvalue weighted by molar-refractivity contribution is 6.32. The molecule has 2 aliphatic rings. The molecular formula is C26H24ClN3O4. The molecule has 0 aromatic heterocycles. The molecule has 0 saturated heterocycles. The van der Waals surface area contributed by atoms with Gasteiger partial charge in [-0.1, -0.05) is 49.7 Å². The summed E-state index contributed by atoms with van der Waals surface area (Å²) in [6, 6.07) is 16.1. The number of hydrogen-bond donors (Lipinski definition) is 2. The maximum atomic E-state index is 13.1. The van der Waals surface area contributed by atoms with Crippen LogP contribution in [-0.2, 0) is 14.3 Å². The molecule has 0 radical (unpaired) electrons. The number of amides is 1. The molecule has 0 saturated carbocycles. The second kappa shape index (κ2) is 9.24. The van der Waals surface area contributed by atoms with Crippen LogP contribution < -0.4 is 15.8 Å². The third kappa shape index (κ3) is 4.78. The largest absolute Gasteiger partial charge is 0.482 e. The number of para-hydroxylation sites is 1. The van der Waals surface area contributed by atoms with E-state index in [2.05, 4.69) is 11.4 Å². The molecule has 0 spiro atoms. The van der Waals surface area contributed by atoms with Crippen LogP contribution in [0.2, 0.25) is 5.02 Å². The fourth-order valence-corrected chi connectivity index (χ4v) is 4.54. The number of halogens is 1. The third-order valence-electron chi connectivity index (χ3n) is 5.78. The first-order valence-electron chi connectivity index (χ1n) is 10.8. The molecule has 7 nitrogen and oxygen atoms in total. The van der Waals surface area contributed by atoms with E-state index < -0.39 is 5.92 Å². The molecule has 0 fully saturated rings. The lowest BCUT2D eigenvalue weighted by molar-refractivity contribution is -0.119. The van der Waals surface area contributed by atoms with Gasteiger partial charge >= 0.3 is 0 Å². The van der Waals surface area contributed by atoms with Gasteiger partial charge in [0, 0.05) is 24.1 Å². The first-order valence-corrected chi connectivity index (χ1v) is 11.2. The maximum Gasteiger partial charge on any atom is 0.262 e. The zero-order chi connectivity index (χ0) is 24.5. The minimum atomic E-state index is -0.676. The topological polar surface area (TPSA) is 114 Å². The first kappa shape index (κ1) is 23.4. The number of hydrogen-bond acceptors (Lipinski definition) is 6. The van der Waals surface area contributed by atoms with Crippen molar-refractivity contribution in [3.8, 4) is 11.8 Å². The summed E-state index contributed by atoms with van der Waals surface area (Å²) in [5.74, 6) is -0.289. The second-order valence-electron chi connectivity index (χ2n) is 9.10. The smallest absolute Gasteiger partial charge is 0.262 e. The van der Waals surface area contributed by atoms with Gasteiger partial charge in [-0.3, -0.25) is 9.59 Å². The molecule has 34 heavy (non-hydrogen) atoms. The Morgan fingerprint density at radius 3 is 2.68 bits per heavy atom. The predicted molar refractivity (Wildman–Crippen MR) is 128 cm³/mol. The van der Waals surface area contributed by atoms with Crippen molar-refractivity contribution in [3.63, 3.8) is 0 Å². The first-order chi connectivity index (χ1) is 16.2. The molecule has 1 amide bonds. The zero-order valence-corrected chi connectivity index (χ0v) is 19.6. The molecule has 0 bridgehead atoms. The third-order valence-corrected chi connectivity index (χ3v) is 6.08. The number of nitrogens with one attached hydrogen (secondary N) is 1. The maximum absolute atomic E-state index is 13.1. The van der Waals surface area contributed by atoms with Gasteiger partial charge in [0.2, 0.25) is 5.88 Å². The summed E-state index contributed by atoms with van der Waals surface area (Å²) in [4.78, 5) is 25.2. The molecule has 2 aromatic carbocycles. The Kier molecular flexibility index (Phi) is 6.36. The number of benzene rings is 2. The van der Waals surface area contributed by atoms with Crippen LogP contribution in [0.5, 0.6) is 5.75 Å². The van der Waals surface area contributed by atoms with E-state index in [4.69, 9.17) is 26.8 Å². The van der Waals surface area contributed by atoms with Crippen molar-refractivity contribution in [1.82, 2.24) is 0 Å². The van der Waals surface area contributed by atoms with E-state index in [0.29, 0.717) is 41.2 Å². The van der Waals surface area contributed by atoms with Gasteiger partial charge in [-0.15, -0.1) is 0 Å². The van der Waals surface area contributed by atoms with E-state index >= 15 is 0 Å². The van der Waals surface area contributed by atoms with Gasteiger partial charge in [-0.05, 0) is 35.2 Å². The van der Waals surface area contributed by atoms with Crippen LogP contribution in [0.25, 0.3) is 0 Å². The number of anilines is 1. The highest BCUT2D eigenvalue weighted by Gasteiger charge is 2.43. The summed E-state index contributed by atoms with van der Waals surface area (Å²) >= 11 is 6.46. The molecular weight excluding hydrogens is 454 g/mol. The molecule has 174 valence electrons. The Hall–Kier alpha value is -3.76. The Morgan fingerprint density at radius 1 is 1.26 bits per heavy atom. The van der Waals surface area contributed by atoms with Crippen molar-refractivity contribution in [2.45, 2.75) is 32.6 Å². The summed E-state index contributed by atoms with van der Waals surface area (Å²) < 4.78 is 11.3. The molecule has 1 aliphatic heterocycles. The van der Waals surface area contributed by atoms with Crippen molar-refractivity contribution in [3.05, 3.63) is 81.9 Å². The van der Waals surface area contributed by atoms with E-state index in [9.17, 15) is 14.9 Å². The second-order valence-corrected chi connectivity index (χ2v) is 9.50. The quantitative estimate of drug-likeness (QED) is 0.638. The SMILES string of the molecule is CC1(C)CC(=O)C2=C(C1)OC(N)=C(C#N)C2c1ccc(OCC(=O)Nc2ccccc2)c(Cl)c1. The van der Waals surface area contributed by atoms with Crippen LogP contribution in [0.4, 0.5) is 5.69 Å². The minimum absolute atomic E-state index is 0.00854. The van der Waals surface area contributed by atoms with E-state index in [1.54, 1.807) is 30.3 Å². The summed E-state index contributed by atoms with van der Waals surface area (Å²) in [5.41, 5.74) is 7.68. The minimum Gasteiger partial charge on any atom is -0.482 e. The number of carbonyl (C=O) groups excluding carboxylic acids is 2. The lowest BCUT2D eigenvalue weighted by Gasteiger charge is -2.37. The van der Waals surface area contributed by atoms with Crippen LogP contribution >= 0.6 is 11.6 Å². The number of nitrogens with two attached hydrogens (primary N) is 1. The van der Waals surface area contributed by atoms with Crippen molar-refractivity contribution >= 4 is 29.0 Å². The lowest BCUT2D eigenvalue weighted by Crippen LogP contribution is -2.33. The van der Waals surface area contributed by atoms with Crippen LogP contribution in [-0.4, -0.2) is 18.3 Å². The van der Waals surface area contributed by atoms with Crippen LogP contribution in [0.1, 0.15) is 38.2 Å². The number of allylic oxidation sites excluding steroid dienone is 3. The van der Waals surface area contributed by atoms with E-state index in [-0.39, 0.29) is 40.2 Å². The Labute approximate surface area is 202 Å². The molecule has 3 N–H and O–H groups in total. The average Bonchev–Trinajstić information content (AvgIpc) is 2.77. The summed E-state index contributed by atoms with van der Waals surface area (Å²) in [6.07, 6.45) is 0.880. The van der Waals surface area contributed by atoms with E-state index in [1.807, 2.05) is 32.0 Å². The predicted octanol–water partition coefficient (Wildman–Crippen LogP) is 4.81. The fraction of sp³-hybridized carbons (Fsp3) is 0.269. The van der Waals surface area contributed by atoms with Crippen molar-refractivity contribution in [1.29, 1.82) is 5.26 Å². The molecule has 1 atom stereocenters. The molecule has 1 aliphatic carbocycles. The number of Topliss-reactive ketones (excluding diaryl/α,β-unsaturated/α-hetero) is 1. The molecule has 2 aromatic rings. The summed E-state index contributed by atoms with van der Waals surface area (Å²) in [6.45, 7) is 3.75. The van der Waals surface area contributed by atoms with Crippen LogP contribution in [0.3, 0.4) is 0 Å². The monoisotopic (exact) mass is 477 g/mol. The summed E-state index contributed by atoms with van der Waals surface area (Å²) in [7, 11) is 0. The number of rotatable bonds is 5. The number of nitrogens with zero attached hydrogens (tertiary/aromatic N) is 1. The van der Waals surface area contributed by atoms with Gasteiger partial charge in [-0.25, -0.2) is 0 Å². The molecule has 4 rings (SSSR count). The van der Waals surface area contributed by atoms with Gasteiger partial charge in [0.25, 0.3) is 5.91 Å². The Bertz CT molecular complexity index is 1260. The molecule has 1 heterocycles. The summed E-state index contributed by atoms with van der Waals surface area (Å²) in [5, 5.41) is 12.7. The van der Waals surface area contributed by atoms with E-state index in [0.717, 1.165) is 0 Å². The van der Waals surface area contributed by atoms with Crippen LogP contribution in [0, 0.1) is 16.7 Å². The van der Waals surface area contributed by atoms with Gasteiger partial charge in [0.05, 0.1) is 10.9 Å². The number of ether oxygens (including phenoxy) is 2. The number of nitriles is 1. The van der Waals surface area contributed by atoms with Crippen molar-refractivity contribution < 1.29 is 19.1 Å². The van der Waals surface area contributed by atoms with Gasteiger partial charge in [-0.2, -0.15) is 5.26 Å².